The summed E-state index contributed by atoms with van der Waals surface area (Å²) in [6, 6.07) is 7.57. The molecule has 2 unspecified atom stereocenters. The quantitative estimate of drug-likeness (QED) is 0.800. The van der Waals surface area contributed by atoms with E-state index in [0.717, 1.165) is 30.5 Å². The van der Waals surface area contributed by atoms with Crippen molar-refractivity contribution in [2.45, 2.75) is 58.0 Å². The van der Waals surface area contributed by atoms with Gasteiger partial charge in [0.15, 0.2) is 0 Å². The summed E-state index contributed by atoms with van der Waals surface area (Å²) in [5, 5.41) is 12.5. The van der Waals surface area contributed by atoms with E-state index in [2.05, 4.69) is 5.32 Å². The van der Waals surface area contributed by atoms with E-state index in [9.17, 15) is 14.7 Å². The van der Waals surface area contributed by atoms with Crippen LogP contribution in [0.25, 0.3) is 0 Å². The molecule has 1 aromatic rings. The lowest BCUT2D eigenvalue weighted by atomic mass is 10.0. The Hall–Kier alpha value is -1.88. The minimum atomic E-state index is -0.303. The van der Waals surface area contributed by atoms with Crippen LogP contribution >= 0.6 is 0 Å². The third-order valence-electron chi connectivity index (χ3n) is 4.69. The van der Waals surface area contributed by atoms with Gasteiger partial charge >= 0.3 is 0 Å². The molecule has 0 aliphatic carbocycles. The number of benzene rings is 1. The number of aryl methyl sites for hydroxylation is 1. The summed E-state index contributed by atoms with van der Waals surface area (Å²) >= 11 is 0. The Morgan fingerprint density at radius 2 is 2.08 bits per heavy atom. The third-order valence-corrected chi connectivity index (χ3v) is 4.69. The highest BCUT2D eigenvalue weighted by Crippen LogP contribution is 2.16. The van der Waals surface area contributed by atoms with Crippen molar-refractivity contribution < 1.29 is 14.7 Å². The van der Waals surface area contributed by atoms with E-state index in [1.54, 1.807) is 4.90 Å². The smallest absolute Gasteiger partial charge is 0.222 e. The molecule has 5 nitrogen and oxygen atoms in total. The first-order valence-corrected chi connectivity index (χ1v) is 8.75. The second kappa shape index (κ2) is 8.83. The highest BCUT2D eigenvalue weighted by molar-refractivity contribution is 5.80. The zero-order valence-corrected chi connectivity index (χ0v) is 14.6. The summed E-state index contributed by atoms with van der Waals surface area (Å²) < 4.78 is 0. The number of hydrogen-bond donors (Lipinski definition) is 2. The monoisotopic (exact) mass is 332 g/mol. The van der Waals surface area contributed by atoms with Crippen LogP contribution in [0.1, 0.15) is 43.7 Å². The van der Waals surface area contributed by atoms with E-state index in [1.807, 2.05) is 38.1 Å². The van der Waals surface area contributed by atoms with Gasteiger partial charge in [0.1, 0.15) is 0 Å². The molecule has 1 fully saturated rings. The van der Waals surface area contributed by atoms with E-state index in [0.29, 0.717) is 12.8 Å². The van der Waals surface area contributed by atoms with Crippen molar-refractivity contribution >= 4 is 11.8 Å². The molecule has 5 heteroatoms. The summed E-state index contributed by atoms with van der Waals surface area (Å²) in [5.74, 6) is 0.0219. The molecule has 0 aromatic heterocycles. The lowest BCUT2D eigenvalue weighted by Crippen LogP contribution is -2.46. The third kappa shape index (κ3) is 5.06. The van der Waals surface area contributed by atoms with Crippen LogP contribution in [0.15, 0.2) is 24.3 Å². The van der Waals surface area contributed by atoms with Gasteiger partial charge in [0, 0.05) is 25.4 Å². The average Bonchev–Trinajstić information content (AvgIpc) is 2.56. The Kier molecular flexibility index (Phi) is 6.79. The topological polar surface area (TPSA) is 69.6 Å². The molecule has 1 saturated heterocycles. The molecule has 2 N–H and O–H groups in total. The van der Waals surface area contributed by atoms with Crippen molar-refractivity contribution in [1.29, 1.82) is 0 Å². The van der Waals surface area contributed by atoms with Crippen LogP contribution in [0.5, 0.6) is 0 Å². The zero-order valence-electron chi connectivity index (χ0n) is 14.6. The fourth-order valence-corrected chi connectivity index (χ4v) is 3.22. The Bertz CT molecular complexity index is 573. The van der Waals surface area contributed by atoms with Crippen LogP contribution in [0.2, 0.25) is 0 Å². The Morgan fingerprint density at radius 3 is 2.75 bits per heavy atom. The fraction of sp³-hybridized carbons (Fsp3) is 0.579. The summed E-state index contributed by atoms with van der Waals surface area (Å²) in [4.78, 5) is 26.0. The molecule has 2 amide bonds. The number of amides is 2. The van der Waals surface area contributed by atoms with Gasteiger partial charge in [-0.3, -0.25) is 9.59 Å². The molecule has 0 bridgehead atoms. The van der Waals surface area contributed by atoms with Crippen molar-refractivity contribution in [3.63, 3.8) is 0 Å². The van der Waals surface area contributed by atoms with Gasteiger partial charge in [-0.1, -0.05) is 24.3 Å². The first-order chi connectivity index (χ1) is 11.5. The predicted molar refractivity (Wildman–Crippen MR) is 93.5 cm³/mol. The highest BCUT2D eigenvalue weighted by Gasteiger charge is 2.25. The van der Waals surface area contributed by atoms with E-state index < -0.39 is 0 Å². The SMILES string of the molecule is Cc1ccccc1CC(CO)NC(=O)CC(C)N1CCCCC1=O. The number of piperidine rings is 1. The standard InChI is InChI=1S/C19H28N2O3/c1-14-7-3-4-8-16(14)12-17(13-22)20-18(23)11-15(2)21-10-6-5-9-19(21)24/h3-4,7-8,15,17,22H,5-6,9-13H2,1-2H3,(H,20,23). The molecule has 1 aliphatic heterocycles. The number of carbonyl (C=O) groups is 2. The van der Waals surface area contributed by atoms with Gasteiger partial charge in [-0.2, -0.15) is 0 Å². The van der Waals surface area contributed by atoms with Crippen molar-refractivity contribution in [2.24, 2.45) is 0 Å². The normalized spacial score (nSPS) is 17.5. The van der Waals surface area contributed by atoms with Crippen molar-refractivity contribution in [3.8, 4) is 0 Å². The second-order valence-corrected chi connectivity index (χ2v) is 6.68. The number of likely N-dealkylation sites (tertiary alicyclic amines) is 1. The molecule has 1 aromatic carbocycles. The first-order valence-electron chi connectivity index (χ1n) is 8.75. The Morgan fingerprint density at radius 1 is 1.33 bits per heavy atom. The summed E-state index contributed by atoms with van der Waals surface area (Å²) in [7, 11) is 0. The van der Waals surface area contributed by atoms with Crippen molar-refractivity contribution in [1.82, 2.24) is 10.2 Å². The first kappa shape index (κ1) is 18.5. The van der Waals surface area contributed by atoms with Crippen LogP contribution in [0, 0.1) is 6.92 Å². The lowest BCUT2D eigenvalue weighted by molar-refractivity contribution is -0.136. The minimum absolute atomic E-state index is 0.100. The van der Waals surface area contributed by atoms with Crippen LogP contribution in [0.4, 0.5) is 0 Å². The molecule has 2 atom stereocenters. The molecule has 132 valence electrons. The Labute approximate surface area is 144 Å². The van der Waals surface area contributed by atoms with Gasteiger partial charge < -0.3 is 15.3 Å². The molecule has 2 rings (SSSR count). The summed E-state index contributed by atoms with van der Waals surface area (Å²) in [6.07, 6.45) is 3.40. The van der Waals surface area contributed by atoms with Gasteiger partial charge in [0.05, 0.1) is 12.6 Å². The number of aliphatic hydroxyl groups is 1. The van der Waals surface area contributed by atoms with Gasteiger partial charge in [-0.05, 0) is 44.2 Å². The van der Waals surface area contributed by atoms with E-state index >= 15 is 0 Å². The maximum Gasteiger partial charge on any atom is 0.222 e. The molecule has 0 saturated carbocycles. The van der Waals surface area contributed by atoms with Crippen molar-refractivity contribution in [2.75, 3.05) is 13.2 Å². The number of nitrogens with zero attached hydrogens (tertiary/aromatic N) is 1. The fourth-order valence-electron chi connectivity index (χ4n) is 3.22. The van der Waals surface area contributed by atoms with Crippen LogP contribution in [0.3, 0.4) is 0 Å². The van der Waals surface area contributed by atoms with Gasteiger partial charge in [-0.25, -0.2) is 0 Å². The number of aliphatic hydroxyl groups excluding tert-OH is 1. The highest BCUT2D eigenvalue weighted by atomic mass is 16.3. The molecular formula is C19H28N2O3. The zero-order chi connectivity index (χ0) is 17.5. The maximum atomic E-state index is 12.3. The van der Waals surface area contributed by atoms with E-state index in [-0.39, 0.29) is 36.9 Å². The lowest BCUT2D eigenvalue weighted by Gasteiger charge is -2.32. The second-order valence-electron chi connectivity index (χ2n) is 6.68. The van der Waals surface area contributed by atoms with Crippen LogP contribution in [-0.4, -0.2) is 47.1 Å². The van der Waals surface area contributed by atoms with Crippen molar-refractivity contribution in [3.05, 3.63) is 35.4 Å². The van der Waals surface area contributed by atoms with E-state index in [1.165, 1.54) is 0 Å². The van der Waals surface area contributed by atoms with Crippen LogP contribution in [-0.2, 0) is 16.0 Å². The van der Waals surface area contributed by atoms with Gasteiger partial charge in [-0.15, -0.1) is 0 Å². The molecule has 0 spiro atoms. The molecular weight excluding hydrogens is 304 g/mol. The molecule has 24 heavy (non-hydrogen) atoms. The predicted octanol–water partition coefficient (Wildman–Crippen LogP) is 1.81. The largest absolute Gasteiger partial charge is 0.394 e. The summed E-state index contributed by atoms with van der Waals surface area (Å²) in [5.41, 5.74) is 2.27. The number of hydrogen-bond acceptors (Lipinski definition) is 3. The molecule has 1 heterocycles. The Balaban J connectivity index is 1.87. The maximum absolute atomic E-state index is 12.3. The molecule has 1 aliphatic rings. The number of nitrogens with one attached hydrogen (secondary N) is 1. The average molecular weight is 332 g/mol. The van der Waals surface area contributed by atoms with Crippen LogP contribution < -0.4 is 5.32 Å². The number of carbonyl (C=O) groups excluding carboxylic acids is 2. The summed E-state index contributed by atoms with van der Waals surface area (Å²) in [6.45, 7) is 4.57. The minimum Gasteiger partial charge on any atom is -0.394 e. The number of rotatable bonds is 7. The van der Waals surface area contributed by atoms with Gasteiger partial charge in [0.25, 0.3) is 0 Å². The van der Waals surface area contributed by atoms with Gasteiger partial charge in [0.2, 0.25) is 11.8 Å². The molecule has 0 radical (unpaired) electrons. The van der Waals surface area contributed by atoms with E-state index in [4.69, 9.17) is 0 Å².